The van der Waals surface area contributed by atoms with Gasteiger partial charge in [-0.3, -0.25) is 9.59 Å². The number of hydrogen-bond donors (Lipinski definition) is 1. The maximum absolute atomic E-state index is 12.8. The van der Waals surface area contributed by atoms with Gasteiger partial charge in [-0.1, -0.05) is 12.1 Å². The van der Waals surface area contributed by atoms with Gasteiger partial charge in [0, 0.05) is 26.6 Å². The van der Waals surface area contributed by atoms with Gasteiger partial charge in [-0.15, -0.1) is 0 Å². The van der Waals surface area contributed by atoms with Gasteiger partial charge in [0.2, 0.25) is 11.8 Å². The van der Waals surface area contributed by atoms with Crippen LogP contribution in [0.25, 0.3) is 0 Å². The second-order valence-electron chi connectivity index (χ2n) is 5.92. The molecule has 1 aliphatic rings. The van der Waals surface area contributed by atoms with Crippen LogP contribution < -0.4 is 5.32 Å². The van der Waals surface area contributed by atoms with Crippen molar-refractivity contribution in [1.29, 1.82) is 0 Å². The Morgan fingerprint density at radius 1 is 1.43 bits per heavy atom. The Hall–Kier alpha value is -1.95. The van der Waals surface area contributed by atoms with Crippen LogP contribution in [-0.4, -0.2) is 49.6 Å². The molecule has 0 unspecified atom stereocenters. The zero-order valence-corrected chi connectivity index (χ0v) is 13.5. The summed E-state index contributed by atoms with van der Waals surface area (Å²) in [4.78, 5) is 25.9. The molecule has 1 saturated heterocycles. The minimum Gasteiger partial charge on any atom is -0.383 e. The second kappa shape index (κ2) is 8.06. The highest BCUT2D eigenvalue weighted by atomic mass is 19.1. The minimum absolute atomic E-state index is 0.00626. The first-order chi connectivity index (χ1) is 11.0. The van der Waals surface area contributed by atoms with Gasteiger partial charge in [0.25, 0.3) is 0 Å². The summed E-state index contributed by atoms with van der Waals surface area (Å²) in [6.07, 6.45) is 0.882. The van der Waals surface area contributed by atoms with E-state index in [0.29, 0.717) is 26.1 Å². The van der Waals surface area contributed by atoms with E-state index in [9.17, 15) is 14.0 Å². The van der Waals surface area contributed by atoms with Crippen LogP contribution in [-0.2, 0) is 20.7 Å². The zero-order chi connectivity index (χ0) is 16.8. The summed E-state index contributed by atoms with van der Waals surface area (Å²) in [6.45, 7) is 3.29. The van der Waals surface area contributed by atoms with Crippen LogP contribution in [0, 0.1) is 11.7 Å². The molecule has 2 atom stereocenters. The number of halogens is 1. The van der Waals surface area contributed by atoms with Crippen molar-refractivity contribution in [3.63, 3.8) is 0 Å². The van der Waals surface area contributed by atoms with Crippen molar-refractivity contribution in [3.8, 4) is 0 Å². The number of carbonyl (C=O) groups is 2. The summed E-state index contributed by atoms with van der Waals surface area (Å²) < 4.78 is 17.9. The molecule has 5 nitrogen and oxygen atoms in total. The molecular weight excluding hydrogens is 299 g/mol. The van der Waals surface area contributed by atoms with Crippen molar-refractivity contribution >= 4 is 11.8 Å². The molecule has 2 amide bonds. The van der Waals surface area contributed by atoms with Gasteiger partial charge in [0.1, 0.15) is 5.82 Å². The molecule has 1 aliphatic heterocycles. The van der Waals surface area contributed by atoms with Crippen LogP contribution in [0.1, 0.15) is 18.9 Å². The first-order valence-corrected chi connectivity index (χ1v) is 7.81. The smallest absolute Gasteiger partial charge is 0.225 e. The van der Waals surface area contributed by atoms with E-state index in [-0.39, 0.29) is 36.0 Å². The maximum Gasteiger partial charge on any atom is 0.225 e. The highest BCUT2D eigenvalue weighted by molar-refractivity contribution is 5.89. The molecular formula is C17H23FN2O3. The summed E-state index contributed by atoms with van der Waals surface area (Å²) >= 11 is 0. The number of nitrogens with zero attached hydrogens (tertiary/aromatic N) is 1. The highest BCUT2D eigenvalue weighted by Gasteiger charge is 2.36. The Kier molecular flexibility index (Phi) is 6.10. The van der Waals surface area contributed by atoms with E-state index >= 15 is 0 Å². The predicted molar refractivity (Wildman–Crippen MR) is 84.3 cm³/mol. The fraction of sp³-hybridized carbons (Fsp3) is 0.529. The number of carbonyl (C=O) groups excluding carboxylic acids is 2. The van der Waals surface area contributed by atoms with E-state index in [1.54, 1.807) is 24.1 Å². The molecule has 0 aliphatic carbocycles. The third-order valence-electron chi connectivity index (χ3n) is 4.10. The standard InChI is InChI=1S/C17H23FN2O3/c1-12(11-23-2)20-10-14(9-16(20)21)17(22)19-8-7-13-3-5-15(18)6-4-13/h3-6,12,14H,7-11H2,1-2H3,(H,19,22)/t12-,14-/m0/s1. The number of rotatable bonds is 7. The van der Waals surface area contributed by atoms with E-state index < -0.39 is 0 Å². The molecule has 0 bridgehead atoms. The minimum atomic E-state index is -0.310. The van der Waals surface area contributed by atoms with Gasteiger partial charge in [0.15, 0.2) is 0 Å². The number of nitrogens with one attached hydrogen (secondary N) is 1. The molecule has 23 heavy (non-hydrogen) atoms. The van der Waals surface area contributed by atoms with Crippen molar-refractivity contribution in [2.45, 2.75) is 25.8 Å². The summed E-state index contributed by atoms with van der Waals surface area (Å²) in [5, 5.41) is 2.86. The van der Waals surface area contributed by atoms with Crippen molar-refractivity contribution < 1.29 is 18.7 Å². The van der Waals surface area contributed by atoms with Gasteiger partial charge < -0.3 is 15.0 Å². The molecule has 1 aromatic carbocycles. The van der Waals surface area contributed by atoms with E-state index in [0.717, 1.165) is 5.56 Å². The Bertz CT molecular complexity index is 547. The third kappa shape index (κ3) is 4.76. The van der Waals surface area contributed by atoms with Crippen molar-refractivity contribution in [2.75, 3.05) is 26.8 Å². The Morgan fingerprint density at radius 3 is 2.78 bits per heavy atom. The Labute approximate surface area is 135 Å². The third-order valence-corrected chi connectivity index (χ3v) is 4.10. The number of benzene rings is 1. The van der Waals surface area contributed by atoms with E-state index in [2.05, 4.69) is 5.32 Å². The average Bonchev–Trinajstić information content (AvgIpc) is 2.91. The van der Waals surface area contributed by atoms with Gasteiger partial charge in [-0.25, -0.2) is 4.39 Å². The molecule has 1 N–H and O–H groups in total. The number of amides is 2. The van der Waals surface area contributed by atoms with Crippen LogP contribution in [0.4, 0.5) is 4.39 Å². The summed E-state index contributed by atoms with van der Waals surface area (Å²) in [7, 11) is 1.59. The first kappa shape index (κ1) is 17.4. The predicted octanol–water partition coefficient (Wildman–Crippen LogP) is 1.37. The molecule has 0 radical (unpaired) electrons. The van der Waals surface area contributed by atoms with E-state index in [4.69, 9.17) is 4.74 Å². The lowest BCUT2D eigenvalue weighted by molar-refractivity contribution is -0.130. The largest absolute Gasteiger partial charge is 0.383 e. The molecule has 0 spiro atoms. The van der Waals surface area contributed by atoms with Crippen molar-refractivity contribution in [1.82, 2.24) is 10.2 Å². The average molecular weight is 322 g/mol. The summed E-state index contributed by atoms with van der Waals surface area (Å²) in [5.41, 5.74) is 0.963. The lowest BCUT2D eigenvalue weighted by Crippen LogP contribution is -2.39. The number of hydrogen-bond acceptors (Lipinski definition) is 3. The van der Waals surface area contributed by atoms with Crippen LogP contribution >= 0.6 is 0 Å². The quantitative estimate of drug-likeness (QED) is 0.825. The van der Waals surface area contributed by atoms with Crippen LogP contribution in [0.5, 0.6) is 0 Å². The lowest BCUT2D eigenvalue weighted by atomic mass is 10.1. The van der Waals surface area contributed by atoms with Crippen LogP contribution in [0.2, 0.25) is 0 Å². The summed E-state index contributed by atoms with van der Waals surface area (Å²) in [5.74, 6) is -0.691. The van der Waals surface area contributed by atoms with Crippen LogP contribution in [0.15, 0.2) is 24.3 Å². The van der Waals surface area contributed by atoms with Crippen molar-refractivity contribution in [2.24, 2.45) is 5.92 Å². The fourth-order valence-electron chi connectivity index (χ4n) is 2.79. The SMILES string of the molecule is COC[C@H](C)N1C[C@@H](C(=O)NCCc2ccc(F)cc2)CC1=O. The molecule has 1 heterocycles. The topological polar surface area (TPSA) is 58.6 Å². The van der Waals surface area contributed by atoms with Gasteiger partial charge in [-0.05, 0) is 31.0 Å². The van der Waals surface area contributed by atoms with Gasteiger partial charge in [-0.2, -0.15) is 0 Å². The van der Waals surface area contributed by atoms with Gasteiger partial charge >= 0.3 is 0 Å². The van der Waals surface area contributed by atoms with Crippen molar-refractivity contribution in [3.05, 3.63) is 35.6 Å². The van der Waals surface area contributed by atoms with Crippen LogP contribution in [0.3, 0.4) is 0 Å². The molecule has 1 fully saturated rings. The fourth-order valence-corrected chi connectivity index (χ4v) is 2.79. The number of ether oxygens (including phenoxy) is 1. The lowest BCUT2D eigenvalue weighted by Gasteiger charge is -2.23. The normalized spacial score (nSPS) is 19.0. The Morgan fingerprint density at radius 2 is 2.13 bits per heavy atom. The zero-order valence-electron chi connectivity index (χ0n) is 13.5. The summed E-state index contributed by atoms with van der Waals surface area (Å²) in [6, 6.07) is 6.19. The van der Waals surface area contributed by atoms with E-state index in [1.165, 1.54) is 12.1 Å². The molecule has 1 aromatic rings. The van der Waals surface area contributed by atoms with E-state index in [1.807, 2.05) is 6.92 Å². The molecule has 2 rings (SSSR count). The monoisotopic (exact) mass is 322 g/mol. The number of likely N-dealkylation sites (tertiary alicyclic amines) is 1. The van der Waals surface area contributed by atoms with Gasteiger partial charge in [0.05, 0.1) is 18.6 Å². The molecule has 126 valence electrons. The first-order valence-electron chi connectivity index (χ1n) is 7.81. The second-order valence-corrected chi connectivity index (χ2v) is 5.92. The maximum atomic E-state index is 12.8. The highest BCUT2D eigenvalue weighted by Crippen LogP contribution is 2.20. The molecule has 0 aromatic heterocycles. The molecule has 0 saturated carbocycles. The number of methoxy groups -OCH3 is 1. The molecule has 6 heteroatoms. The Balaban J connectivity index is 1.78.